The molecule has 3 aromatic rings. The molecule has 2 aliphatic heterocycles. The third-order valence-electron chi connectivity index (χ3n) is 6.05. The summed E-state index contributed by atoms with van der Waals surface area (Å²) in [5.74, 6) is -0.872. The van der Waals surface area contributed by atoms with Crippen LogP contribution >= 0.6 is 11.6 Å². The number of hydrogen-bond acceptors (Lipinski definition) is 4. The first kappa shape index (κ1) is 21.4. The molecule has 2 heterocycles. The van der Waals surface area contributed by atoms with E-state index in [1.165, 1.54) is 23.1 Å². The number of carbonyl (C=O) groups excluding carboxylic acids is 2. The monoisotopic (exact) mass is 467 g/mol. The van der Waals surface area contributed by atoms with Gasteiger partial charge in [0.25, 0.3) is 5.91 Å². The van der Waals surface area contributed by atoms with E-state index in [1.807, 2.05) is 0 Å². The maximum atomic E-state index is 13.9. The highest BCUT2D eigenvalue weighted by Crippen LogP contribution is 2.41. The number of anilines is 2. The van der Waals surface area contributed by atoms with Crippen LogP contribution in [0.4, 0.5) is 20.6 Å². The first-order valence-electron chi connectivity index (χ1n) is 10.2. The molecule has 2 atom stereocenters. The van der Waals surface area contributed by atoms with E-state index in [-0.39, 0.29) is 17.5 Å². The van der Waals surface area contributed by atoms with Gasteiger partial charge in [0, 0.05) is 33.0 Å². The Labute approximate surface area is 193 Å². The van der Waals surface area contributed by atoms with Crippen molar-refractivity contribution in [2.24, 2.45) is 0 Å². The van der Waals surface area contributed by atoms with Crippen molar-refractivity contribution in [1.82, 2.24) is 5.32 Å². The normalized spacial score (nSPS) is 20.9. The van der Waals surface area contributed by atoms with Gasteiger partial charge in [-0.3, -0.25) is 9.69 Å². The van der Waals surface area contributed by atoms with Crippen molar-refractivity contribution in [2.45, 2.75) is 11.6 Å². The zero-order valence-corrected chi connectivity index (χ0v) is 17.9. The molecule has 9 heteroatoms. The quantitative estimate of drug-likeness (QED) is 0.473. The third kappa shape index (κ3) is 3.43. The molecule has 0 aliphatic carbocycles. The standard InChI is InChI=1S/C24H19ClFN3O4/c25-17-9-8-13(26)10-15(17)21-20-14(22(31)28-21)4-3-6-18(20)27-23(32)29-11-24(33,12-30)16-5-1-2-7-19(16)29/h1-10,21,30,33H,11-12H2,(H,27,32)(H,28,31)/t21-,24+/m0/s1. The molecule has 3 amide bonds. The minimum absolute atomic E-state index is 0.139. The van der Waals surface area contributed by atoms with Gasteiger partial charge in [0.05, 0.1) is 24.9 Å². The van der Waals surface area contributed by atoms with Crippen molar-refractivity contribution in [3.63, 3.8) is 0 Å². The lowest BCUT2D eigenvalue weighted by Crippen LogP contribution is -2.41. The molecule has 2 aliphatic rings. The fourth-order valence-corrected chi connectivity index (χ4v) is 4.69. The number of fused-ring (bicyclic) bond motifs is 2. The van der Waals surface area contributed by atoms with Gasteiger partial charge < -0.3 is 20.8 Å². The highest BCUT2D eigenvalue weighted by Gasteiger charge is 2.43. The van der Waals surface area contributed by atoms with Crippen LogP contribution in [0.1, 0.15) is 33.1 Å². The van der Waals surface area contributed by atoms with Gasteiger partial charge in [0.1, 0.15) is 11.4 Å². The number of amides is 3. The van der Waals surface area contributed by atoms with Crippen LogP contribution in [0.25, 0.3) is 0 Å². The SMILES string of the molecule is O=C1N[C@@H](c2cc(F)ccc2Cl)c2c(NC(=O)N3C[C@@](O)(CO)c4ccccc43)cccc21. The third-order valence-corrected chi connectivity index (χ3v) is 6.39. The molecule has 7 nitrogen and oxygen atoms in total. The summed E-state index contributed by atoms with van der Waals surface area (Å²) in [7, 11) is 0. The molecular formula is C24H19ClFN3O4. The molecule has 0 fully saturated rings. The van der Waals surface area contributed by atoms with Gasteiger partial charge in [0.15, 0.2) is 0 Å². The fourth-order valence-electron chi connectivity index (χ4n) is 4.47. The van der Waals surface area contributed by atoms with Crippen molar-refractivity contribution in [1.29, 1.82) is 0 Å². The van der Waals surface area contributed by atoms with Crippen LogP contribution in [-0.4, -0.2) is 35.3 Å². The Bertz CT molecular complexity index is 1300. The molecule has 33 heavy (non-hydrogen) atoms. The van der Waals surface area contributed by atoms with Gasteiger partial charge in [-0.2, -0.15) is 0 Å². The Kier molecular flexibility index (Phi) is 5.08. The summed E-state index contributed by atoms with van der Waals surface area (Å²) in [6.45, 7) is -0.687. The number of benzene rings is 3. The molecule has 0 saturated carbocycles. The smallest absolute Gasteiger partial charge is 0.326 e. The van der Waals surface area contributed by atoms with E-state index < -0.39 is 30.1 Å². The topological polar surface area (TPSA) is 102 Å². The number of urea groups is 1. The second kappa shape index (κ2) is 7.84. The summed E-state index contributed by atoms with van der Waals surface area (Å²) in [5, 5.41) is 26.4. The molecule has 0 bridgehead atoms. The van der Waals surface area contributed by atoms with Crippen molar-refractivity contribution < 1.29 is 24.2 Å². The minimum Gasteiger partial charge on any atom is -0.393 e. The van der Waals surface area contributed by atoms with E-state index in [0.717, 1.165) is 0 Å². The van der Waals surface area contributed by atoms with Crippen molar-refractivity contribution in [2.75, 3.05) is 23.4 Å². The Morgan fingerprint density at radius 3 is 2.79 bits per heavy atom. The predicted molar refractivity (Wildman–Crippen MR) is 121 cm³/mol. The summed E-state index contributed by atoms with van der Waals surface area (Å²) in [6.07, 6.45) is 0. The molecule has 0 unspecified atom stereocenters. The van der Waals surface area contributed by atoms with E-state index >= 15 is 0 Å². The molecule has 3 aromatic carbocycles. The highest BCUT2D eigenvalue weighted by molar-refractivity contribution is 6.31. The summed E-state index contributed by atoms with van der Waals surface area (Å²) in [6, 6.07) is 14.2. The van der Waals surface area contributed by atoms with E-state index in [0.29, 0.717) is 33.6 Å². The Morgan fingerprint density at radius 1 is 1.21 bits per heavy atom. The minimum atomic E-state index is -1.58. The van der Waals surface area contributed by atoms with E-state index in [2.05, 4.69) is 10.6 Å². The molecular weight excluding hydrogens is 449 g/mol. The molecule has 168 valence electrons. The molecule has 0 aromatic heterocycles. The average molecular weight is 468 g/mol. The second-order valence-corrected chi connectivity index (χ2v) is 8.47. The Hall–Kier alpha value is -3.46. The lowest BCUT2D eigenvalue weighted by Gasteiger charge is -2.23. The highest BCUT2D eigenvalue weighted by atomic mass is 35.5. The molecule has 0 radical (unpaired) electrons. The van der Waals surface area contributed by atoms with Crippen LogP contribution in [-0.2, 0) is 5.60 Å². The zero-order valence-electron chi connectivity index (χ0n) is 17.2. The first-order valence-corrected chi connectivity index (χ1v) is 10.6. The Morgan fingerprint density at radius 2 is 2.00 bits per heavy atom. The predicted octanol–water partition coefficient (Wildman–Crippen LogP) is 3.54. The fraction of sp³-hybridized carbons (Fsp3) is 0.167. The number of aliphatic hydroxyl groups excluding tert-OH is 1. The van der Waals surface area contributed by atoms with Gasteiger partial charge >= 0.3 is 6.03 Å². The molecule has 0 spiro atoms. The largest absolute Gasteiger partial charge is 0.393 e. The van der Waals surface area contributed by atoms with Crippen LogP contribution in [0.2, 0.25) is 5.02 Å². The van der Waals surface area contributed by atoms with E-state index in [9.17, 15) is 24.2 Å². The number of β-amino-alcohol motifs (C(OH)–C–C–N with tert-alkyl or cyclic N) is 1. The molecule has 0 saturated heterocycles. The van der Waals surface area contributed by atoms with Crippen molar-refractivity contribution in [3.8, 4) is 0 Å². The van der Waals surface area contributed by atoms with Crippen LogP contribution in [0.15, 0.2) is 60.7 Å². The lowest BCUT2D eigenvalue weighted by atomic mass is 9.96. The van der Waals surface area contributed by atoms with E-state index in [1.54, 1.807) is 42.5 Å². The number of hydrogen-bond donors (Lipinski definition) is 4. The number of nitrogens with zero attached hydrogens (tertiary/aromatic N) is 1. The maximum absolute atomic E-state index is 13.9. The van der Waals surface area contributed by atoms with Crippen molar-refractivity contribution in [3.05, 3.63) is 93.8 Å². The summed E-state index contributed by atoms with van der Waals surface area (Å²) >= 11 is 6.29. The zero-order chi connectivity index (χ0) is 23.3. The summed E-state index contributed by atoms with van der Waals surface area (Å²) in [4.78, 5) is 27.2. The van der Waals surface area contributed by atoms with Gasteiger partial charge in [0.2, 0.25) is 0 Å². The lowest BCUT2D eigenvalue weighted by molar-refractivity contribution is -0.00381. The van der Waals surface area contributed by atoms with E-state index in [4.69, 9.17) is 11.6 Å². The number of aliphatic hydroxyl groups is 2. The van der Waals surface area contributed by atoms with Gasteiger partial charge in [-0.05, 0) is 36.4 Å². The second-order valence-electron chi connectivity index (χ2n) is 8.06. The molecule has 5 rings (SSSR count). The van der Waals surface area contributed by atoms with Crippen LogP contribution < -0.4 is 15.5 Å². The van der Waals surface area contributed by atoms with Crippen LogP contribution in [0.5, 0.6) is 0 Å². The number of halogens is 2. The van der Waals surface area contributed by atoms with Gasteiger partial charge in [-0.1, -0.05) is 35.9 Å². The van der Waals surface area contributed by atoms with Gasteiger partial charge in [-0.15, -0.1) is 0 Å². The van der Waals surface area contributed by atoms with Crippen molar-refractivity contribution >= 4 is 34.9 Å². The summed E-state index contributed by atoms with van der Waals surface area (Å²) < 4.78 is 13.9. The Balaban J connectivity index is 1.52. The van der Waals surface area contributed by atoms with Gasteiger partial charge in [-0.25, -0.2) is 9.18 Å². The first-order chi connectivity index (χ1) is 15.8. The summed E-state index contributed by atoms with van der Waals surface area (Å²) in [5.41, 5.74) is 0.854. The molecule has 4 N–H and O–H groups in total. The maximum Gasteiger partial charge on any atom is 0.326 e. The number of rotatable bonds is 3. The number of para-hydroxylation sites is 1. The van der Waals surface area contributed by atoms with Crippen LogP contribution in [0, 0.1) is 5.82 Å². The number of carbonyl (C=O) groups is 2. The number of nitrogens with one attached hydrogen (secondary N) is 2. The average Bonchev–Trinajstić information content (AvgIpc) is 3.32. The van der Waals surface area contributed by atoms with Crippen LogP contribution in [0.3, 0.4) is 0 Å².